The van der Waals surface area contributed by atoms with Crippen molar-refractivity contribution in [3.8, 4) is 0 Å². The molecule has 2 unspecified atom stereocenters. The molecule has 158 valence electrons. The van der Waals surface area contributed by atoms with Crippen LogP contribution in [0.2, 0.25) is 0 Å². The highest BCUT2D eigenvalue weighted by Gasteiger charge is 2.44. The third kappa shape index (κ3) is 7.15. The minimum absolute atomic E-state index is 0.0417. The summed E-state index contributed by atoms with van der Waals surface area (Å²) in [4.78, 5) is 26.7. The molecule has 0 bridgehead atoms. The number of hydrogen-bond acceptors (Lipinski definition) is 4. The van der Waals surface area contributed by atoms with E-state index in [4.69, 9.17) is 9.47 Å². The quantitative estimate of drug-likeness (QED) is 0.727. The molecule has 1 aromatic carbocycles. The van der Waals surface area contributed by atoms with Gasteiger partial charge >= 0.3 is 6.09 Å². The van der Waals surface area contributed by atoms with Crippen molar-refractivity contribution in [1.82, 2.24) is 9.80 Å². The van der Waals surface area contributed by atoms with Crippen molar-refractivity contribution in [3.05, 3.63) is 35.9 Å². The van der Waals surface area contributed by atoms with Crippen LogP contribution in [0.4, 0.5) is 4.79 Å². The molecule has 2 atom stereocenters. The number of likely N-dealkylation sites (tertiary alicyclic amines) is 2. The van der Waals surface area contributed by atoms with Crippen LogP contribution in [0.15, 0.2) is 30.3 Å². The minimum Gasteiger partial charge on any atom is -0.445 e. The molecule has 0 spiro atoms. The number of nitrogens with zero attached hydrogens (tertiary/aromatic N) is 2. The smallest absolute Gasteiger partial charge is 0.410 e. The van der Waals surface area contributed by atoms with E-state index in [0.717, 1.165) is 31.4 Å². The van der Waals surface area contributed by atoms with Gasteiger partial charge in [-0.1, -0.05) is 44.2 Å². The van der Waals surface area contributed by atoms with Gasteiger partial charge in [0.15, 0.2) is 0 Å². The van der Waals surface area contributed by atoms with Crippen LogP contribution in [-0.2, 0) is 20.9 Å². The number of hydrogen-bond donors (Lipinski definition) is 0. The SMILES string of the molecule is CC.COC(C)(C)C.O=CN1CCC2C1CCN2C(=O)OCc1ccccc1. The lowest BCUT2D eigenvalue weighted by atomic mass is 10.1. The highest BCUT2D eigenvalue weighted by Crippen LogP contribution is 2.31. The van der Waals surface area contributed by atoms with Crippen LogP contribution < -0.4 is 0 Å². The van der Waals surface area contributed by atoms with Crippen LogP contribution in [0.3, 0.4) is 0 Å². The summed E-state index contributed by atoms with van der Waals surface area (Å²) >= 11 is 0. The van der Waals surface area contributed by atoms with E-state index in [2.05, 4.69) is 0 Å². The van der Waals surface area contributed by atoms with Gasteiger partial charge in [0.2, 0.25) is 6.41 Å². The predicted molar refractivity (Wildman–Crippen MR) is 111 cm³/mol. The van der Waals surface area contributed by atoms with Crippen LogP contribution in [0.25, 0.3) is 0 Å². The summed E-state index contributed by atoms with van der Waals surface area (Å²) in [6, 6.07) is 9.96. The molecule has 2 amide bonds. The zero-order valence-electron chi connectivity index (χ0n) is 18.2. The molecule has 0 radical (unpaired) electrons. The van der Waals surface area contributed by atoms with Crippen LogP contribution in [0, 0.1) is 0 Å². The fraction of sp³-hybridized carbons (Fsp3) is 0.636. The Kier molecular flexibility index (Phi) is 10.0. The zero-order chi connectivity index (χ0) is 21.2. The van der Waals surface area contributed by atoms with Crippen LogP contribution in [0.1, 0.15) is 53.0 Å². The first-order chi connectivity index (χ1) is 13.4. The number of rotatable bonds is 3. The largest absolute Gasteiger partial charge is 0.445 e. The van der Waals surface area contributed by atoms with Crippen LogP contribution in [-0.4, -0.2) is 60.2 Å². The lowest BCUT2D eigenvalue weighted by Crippen LogP contribution is -2.39. The molecular formula is C22H36N2O4. The molecule has 6 nitrogen and oxygen atoms in total. The Bertz CT molecular complexity index is 586. The fourth-order valence-corrected chi connectivity index (χ4v) is 3.18. The van der Waals surface area contributed by atoms with Gasteiger partial charge in [0.05, 0.1) is 17.7 Å². The Morgan fingerprint density at radius 1 is 1.11 bits per heavy atom. The van der Waals surface area contributed by atoms with Gasteiger partial charge in [0.1, 0.15) is 6.61 Å². The molecule has 2 aliphatic rings. The van der Waals surface area contributed by atoms with E-state index in [1.807, 2.05) is 65.0 Å². The van der Waals surface area contributed by atoms with Gasteiger partial charge in [0.25, 0.3) is 0 Å². The van der Waals surface area contributed by atoms with E-state index in [1.54, 1.807) is 16.9 Å². The van der Waals surface area contributed by atoms with Gasteiger partial charge in [-0.25, -0.2) is 4.79 Å². The number of amides is 2. The maximum absolute atomic E-state index is 12.2. The summed E-state index contributed by atoms with van der Waals surface area (Å²) in [6.45, 7) is 11.8. The molecule has 0 N–H and O–H groups in total. The molecule has 6 heteroatoms. The molecule has 2 saturated heterocycles. The number of fused-ring (bicyclic) bond motifs is 1. The first kappa shape index (κ1) is 24.0. The van der Waals surface area contributed by atoms with E-state index in [0.29, 0.717) is 13.2 Å². The topological polar surface area (TPSA) is 59.1 Å². The summed E-state index contributed by atoms with van der Waals surface area (Å²) in [5.74, 6) is 0. The van der Waals surface area contributed by atoms with Gasteiger partial charge in [-0.3, -0.25) is 4.79 Å². The average molecular weight is 393 g/mol. The van der Waals surface area contributed by atoms with Gasteiger partial charge in [-0.05, 0) is 39.2 Å². The van der Waals surface area contributed by atoms with Gasteiger partial charge < -0.3 is 19.3 Å². The maximum atomic E-state index is 12.2. The lowest BCUT2D eigenvalue weighted by molar-refractivity contribution is -0.118. The average Bonchev–Trinajstić information content (AvgIpc) is 3.30. The third-order valence-electron chi connectivity index (χ3n) is 4.81. The molecule has 0 aromatic heterocycles. The van der Waals surface area contributed by atoms with Crippen molar-refractivity contribution in [2.75, 3.05) is 20.2 Å². The number of carbonyl (C=O) groups excluding carboxylic acids is 2. The maximum Gasteiger partial charge on any atom is 0.410 e. The van der Waals surface area contributed by atoms with Gasteiger partial charge in [-0.2, -0.15) is 0 Å². The predicted octanol–water partition coefficient (Wildman–Crippen LogP) is 4.09. The van der Waals surface area contributed by atoms with Crippen molar-refractivity contribution in [1.29, 1.82) is 0 Å². The highest BCUT2D eigenvalue weighted by molar-refractivity contribution is 5.69. The standard InChI is InChI=1S/C15H18N2O3.C5H12O.C2H6/c18-11-16-8-6-14-13(16)7-9-17(14)15(19)20-10-12-4-2-1-3-5-12;1-5(2,3)6-4;1-2/h1-5,11,13-14H,6-10H2;1-4H3;1-2H3. The molecule has 28 heavy (non-hydrogen) atoms. The lowest BCUT2D eigenvalue weighted by Gasteiger charge is -2.23. The fourth-order valence-electron chi connectivity index (χ4n) is 3.18. The van der Waals surface area contributed by atoms with Gasteiger partial charge in [-0.15, -0.1) is 0 Å². The van der Waals surface area contributed by atoms with Crippen molar-refractivity contribution in [2.24, 2.45) is 0 Å². The summed E-state index contributed by atoms with van der Waals surface area (Å²) < 4.78 is 10.3. The second kappa shape index (κ2) is 11.7. The molecule has 2 heterocycles. The summed E-state index contributed by atoms with van der Waals surface area (Å²) in [5.41, 5.74) is 1.03. The number of methoxy groups -OCH3 is 1. The Morgan fingerprint density at radius 3 is 2.21 bits per heavy atom. The summed E-state index contributed by atoms with van der Waals surface area (Å²) in [6.07, 6.45) is 2.33. The van der Waals surface area contributed by atoms with E-state index in [1.165, 1.54) is 0 Å². The third-order valence-corrected chi connectivity index (χ3v) is 4.81. The van der Waals surface area contributed by atoms with Crippen molar-refractivity contribution >= 4 is 12.5 Å². The Labute approximate surface area is 169 Å². The highest BCUT2D eigenvalue weighted by atomic mass is 16.6. The van der Waals surface area contributed by atoms with Crippen molar-refractivity contribution in [3.63, 3.8) is 0 Å². The van der Waals surface area contributed by atoms with E-state index in [9.17, 15) is 9.59 Å². The number of carbonyl (C=O) groups is 2. The Hall–Kier alpha value is -2.08. The summed E-state index contributed by atoms with van der Waals surface area (Å²) in [5, 5.41) is 0. The molecule has 0 saturated carbocycles. The molecule has 2 fully saturated rings. The number of benzene rings is 1. The molecule has 3 rings (SSSR count). The molecular weight excluding hydrogens is 356 g/mol. The second-order valence-electron chi connectivity index (χ2n) is 7.61. The first-order valence-electron chi connectivity index (χ1n) is 10.1. The van der Waals surface area contributed by atoms with E-state index in [-0.39, 0.29) is 23.8 Å². The van der Waals surface area contributed by atoms with Crippen LogP contribution >= 0.6 is 0 Å². The second-order valence-corrected chi connectivity index (χ2v) is 7.61. The number of ether oxygens (including phenoxy) is 2. The van der Waals surface area contributed by atoms with Crippen molar-refractivity contribution < 1.29 is 19.1 Å². The normalized spacial score (nSPS) is 20.4. The van der Waals surface area contributed by atoms with Gasteiger partial charge in [0, 0.05) is 20.2 Å². The van der Waals surface area contributed by atoms with E-state index < -0.39 is 0 Å². The van der Waals surface area contributed by atoms with Crippen molar-refractivity contribution in [2.45, 2.75) is 71.8 Å². The first-order valence-corrected chi connectivity index (χ1v) is 10.1. The monoisotopic (exact) mass is 392 g/mol. The summed E-state index contributed by atoms with van der Waals surface area (Å²) in [7, 11) is 1.71. The minimum atomic E-state index is -0.269. The Morgan fingerprint density at radius 2 is 1.68 bits per heavy atom. The molecule has 1 aromatic rings. The molecule has 2 aliphatic heterocycles. The zero-order valence-corrected chi connectivity index (χ0v) is 18.2. The van der Waals surface area contributed by atoms with E-state index >= 15 is 0 Å². The molecule has 0 aliphatic carbocycles. The van der Waals surface area contributed by atoms with Crippen LogP contribution in [0.5, 0.6) is 0 Å². The Balaban J connectivity index is 0.000000422.